The molecule has 0 aromatic rings. The van der Waals surface area contributed by atoms with Crippen molar-refractivity contribution in [2.75, 3.05) is 6.54 Å². The van der Waals surface area contributed by atoms with Gasteiger partial charge >= 0.3 is 6.03 Å². The predicted octanol–water partition coefficient (Wildman–Crippen LogP) is 1.36. The Hall–Kier alpha value is -1.50. The van der Waals surface area contributed by atoms with Gasteiger partial charge in [0.2, 0.25) is 0 Å². The maximum Gasteiger partial charge on any atom is 0.346 e. The topological polar surface area (TPSA) is 58.7 Å². The van der Waals surface area contributed by atoms with Crippen LogP contribution in [0.25, 0.3) is 0 Å². The van der Waals surface area contributed by atoms with E-state index in [9.17, 15) is 4.79 Å². The Morgan fingerprint density at radius 2 is 2.50 bits per heavy atom. The summed E-state index contributed by atoms with van der Waals surface area (Å²) in [6, 6.07) is -0.274. The normalized spacial score (nSPS) is 34.0. The van der Waals surface area contributed by atoms with Crippen LogP contribution in [0.5, 0.6) is 0 Å². The van der Waals surface area contributed by atoms with E-state index in [-0.39, 0.29) is 11.6 Å². The molecular formula is C12H17N3O. The van der Waals surface area contributed by atoms with Gasteiger partial charge in [-0.25, -0.2) is 4.79 Å². The van der Waals surface area contributed by atoms with Gasteiger partial charge in [0.1, 0.15) is 11.4 Å². The van der Waals surface area contributed by atoms with E-state index in [4.69, 9.17) is 12.2 Å². The van der Waals surface area contributed by atoms with Crippen LogP contribution in [0.2, 0.25) is 0 Å². The zero-order valence-electron chi connectivity index (χ0n) is 9.57. The number of carbonyl (C=O) groups excluding carboxylic acids is 1. The lowest BCUT2D eigenvalue weighted by Gasteiger charge is -2.42. The van der Waals surface area contributed by atoms with E-state index in [1.54, 1.807) is 4.90 Å². The monoisotopic (exact) mass is 219 g/mol. The van der Waals surface area contributed by atoms with Crippen LogP contribution in [0.3, 0.4) is 0 Å². The summed E-state index contributed by atoms with van der Waals surface area (Å²) in [4.78, 5) is 17.3. The number of carbonyl (C=O) groups is 1. The van der Waals surface area contributed by atoms with E-state index in [2.05, 4.69) is 17.8 Å². The standard InChI is InChI=1S/C12H17N3O/c1-3-7-15-11(16)14-10(13)12(15)6-4-5-9(2)8-12/h1,9H,4-8H2,2H3,(H2,13,14,16). The van der Waals surface area contributed by atoms with Crippen molar-refractivity contribution in [3.8, 4) is 12.3 Å². The second-order valence-corrected chi connectivity index (χ2v) is 4.80. The van der Waals surface area contributed by atoms with E-state index < -0.39 is 0 Å². The van der Waals surface area contributed by atoms with Gasteiger partial charge in [0, 0.05) is 0 Å². The third-order valence-electron chi connectivity index (χ3n) is 3.66. The van der Waals surface area contributed by atoms with Crippen molar-refractivity contribution in [2.45, 2.75) is 38.1 Å². The number of amidine groups is 1. The van der Waals surface area contributed by atoms with Gasteiger partial charge in [-0.3, -0.25) is 4.90 Å². The SMILES string of the molecule is C#CCN1C(=O)N=C(N)C12CCCC(C)C2. The molecule has 16 heavy (non-hydrogen) atoms. The van der Waals surface area contributed by atoms with Crippen LogP contribution < -0.4 is 5.73 Å². The molecule has 2 atom stereocenters. The molecule has 0 aromatic carbocycles. The van der Waals surface area contributed by atoms with Crippen LogP contribution in [-0.2, 0) is 0 Å². The number of hydrogen-bond acceptors (Lipinski definition) is 2. The number of terminal acetylenes is 1. The number of rotatable bonds is 1. The lowest BCUT2D eigenvalue weighted by molar-refractivity contribution is 0.135. The molecule has 0 saturated heterocycles. The summed E-state index contributed by atoms with van der Waals surface area (Å²) in [5.41, 5.74) is 5.55. The zero-order valence-corrected chi connectivity index (χ0v) is 9.57. The van der Waals surface area contributed by atoms with Gasteiger partial charge in [-0.2, -0.15) is 4.99 Å². The molecule has 2 amide bonds. The molecule has 4 nitrogen and oxygen atoms in total. The fraction of sp³-hybridized carbons (Fsp3) is 0.667. The molecule has 2 unspecified atom stereocenters. The fourth-order valence-electron chi connectivity index (χ4n) is 2.90. The number of hydrogen-bond donors (Lipinski definition) is 1. The molecule has 0 radical (unpaired) electrons. The average Bonchev–Trinajstić information content (AvgIpc) is 2.44. The summed E-state index contributed by atoms with van der Waals surface area (Å²) in [6.07, 6.45) is 9.34. The van der Waals surface area contributed by atoms with E-state index >= 15 is 0 Å². The van der Waals surface area contributed by atoms with Gasteiger partial charge in [-0.15, -0.1) is 6.42 Å². The number of amides is 2. The lowest BCUT2D eigenvalue weighted by Crippen LogP contribution is -2.56. The van der Waals surface area contributed by atoms with Crippen molar-refractivity contribution in [2.24, 2.45) is 16.6 Å². The molecule has 1 fully saturated rings. The van der Waals surface area contributed by atoms with Crippen molar-refractivity contribution < 1.29 is 4.79 Å². The van der Waals surface area contributed by atoms with Crippen LogP contribution in [0.4, 0.5) is 4.79 Å². The van der Waals surface area contributed by atoms with Gasteiger partial charge in [-0.05, 0) is 18.8 Å². The Kier molecular flexibility index (Phi) is 2.63. The summed E-state index contributed by atoms with van der Waals surface area (Å²) in [6.45, 7) is 2.49. The number of aliphatic imine (C=N–C) groups is 1. The molecule has 1 aliphatic heterocycles. The van der Waals surface area contributed by atoms with Crippen LogP contribution in [0.1, 0.15) is 32.6 Å². The predicted molar refractivity (Wildman–Crippen MR) is 62.9 cm³/mol. The van der Waals surface area contributed by atoms with Crippen LogP contribution >= 0.6 is 0 Å². The highest BCUT2D eigenvalue weighted by molar-refractivity contribution is 6.06. The summed E-state index contributed by atoms with van der Waals surface area (Å²) in [5.74, 6) is 3.54. The Morgan fingerprint density at radius 1 is 1.75 bits per heavy atom. The lowest BCUT2D eigenvalue weighted by atomic mass is 9.75. The zero-order chi connectivity index (χ0) is 11.8. The minimum atomic E-state index is -0.388. The van der Waals surface area contributed by atoms with Crippen molar-refractivity contribution >= 4 is 11.9 Å². The molecule has 1 heterocycles. The summed E-state index contributed by atoms with van der Waals surface area (Å²) < 4.78 is 0. The summed E-state index contributed by atoms with van der Waals surface area (Å²) in [7, 11) is 0. The third kappa shape index (κ3) is 1.47. The third-order valence-corrected chi connectivity index (χ3v) is 3.66. The number of nitrogens with zero attached hydrogens (tertiary/aromatic N) is 2. The quantitative estimate of drug-likeness (QED) is 0.677. The van der Waals surface area contributed by atoms with Crippen LogP contribution in [-0.4, -0.2) is 28.9 Å². The first-order valence-electron chi connectivity index (χ1n) is 5.70. The van der Waals surface area contributed by atoms with E-state index in [1.165, 1.54) is 6.42 Å². The number of nitrogens with two attached hydrogens (primary N) is 1. The summed E-state index contributed by atoms with van der Waals surface area (Å²) in [5, 5.41) is 0. The largest absolute Gasteiger partial charge is 0.385 e. The Morgan fingerprint density at radius 3 is 3.12 bits per heavy atom. The first-order chi connectivity index (χ1) is 7.60. The highest BCUT2D eigenvalue weighted by atomic mass is 16.2. The molecule has 2 aliphatic rings. The Bertz CT molecular complexity index is 382. The Balaban J connectivity index is 2.32. The molecule has 2 rings (SSSR count). The van der Waals surface area contributed by atoms with Gasteiger partial charge in [0.05, 0.1) is 6.54 Å². The van der Waals surface area contributed by atoms with E-state index in [0.717, 1.165) is 19.3 Å². The maximum atomic E-state index is 11.7. The molecule has 1 spiro atoms. The van der Waals surface area contributed by atoms with E-state index in [0.29, 0.717) is 18.3 Å². The highest BCUT2D eigenvalue weighted by Gasteiger charge is 2.49. The van der Waals surface area contributed by atoms with Crippen LogP contribution in [0, 0.1) is 18.3 Å². The molecule has 2 N–H and O–H groups in total. The van der Waals surface area contributed by atoms with Crippen molar-refractivity contribution in [1.82, 2.24) is 4.90 Å². The highest BCUT2D eigenvalue weighted by Crippen LogP contribution is 2.39. The van der Waals surface area contributed by atoms with Gasteiger partial charge < -0.3 is 5.73 Å². The smallest absolute Gasteiger partial charge is 0.346 e. The van der Waals surface area contributed by atoms with Crippen molar-refractivity contribution in [3.05, 3.63) is 0 Å². The van der Waals surface area contributed by atoms with Crippen molar-refractivity contribution in [1.29, 1.82) is 0 Å². The first-order valence-corrected chi connectivity index (χ1v) is 5.70. The van der Waals surface area contributed by atoms with Gasteiger partial charge in [0.15, 0.2) is 0 Å². The minimum Gasteiger partial charge on any atom is -0.385 e. The summed E-state index contributed by atoms with van der Waals surface area (Å²) >= 11 is 0. The Labute approximate surface area is 95.9 Å². The molecule has 0 bridgehead atoms. The molecule has 1 aliphatic carbocycles. The van der Waals surface area contributed by atoms with Gasteiger partial charge in [-0.1, -0.05) is 25.7 Å². The minimum absolute atomic E-state index is 0.274. The molecule has 0 aromatic heterocycles. The van der Waals surface area contributed by atoms with Gasteiger partial charge in [0.25, 0.3) is 0 Å². The van der Waals surface area contributed by atoms with Crippen molar-refractivity contribution in [3.63, 3.8) is 0 Å². The maximum absolute atomic E-state index is 11.7. The van der Waals surface area contributed by atoms with E-state index in [1.807, 2.05) is 0 Å². The average molecular weight is 219 g/mol. The number of urea groups is 1. The molecular weight excluding hydrogens is 202 g/mol. The first kappa shape index (κ1) is 11.0. The molecule has 4 heteroatoms. The molecule has 86 valence electrons. The van der Waals surface area contributed by atoms with Crippen LogP contribution in [0.15, 0.2) is 4.99 Å². The fourth-order valence-corrected chi connectivity index (χ4v) is 2.90. The second kappa shape index (κ2) is 3.82. The molecule has 1 saturated carbocycles. The second-order valence-electron chi connectivity index (χ2n) is 4.80.